The largest absolute Gasteiger partial charge is 0.480 e. The Morgan fingerprint density at radius 3 is 2.75 bits per heavy atom. The number of methoxy groups -OCH3 is 1. The molecule has 0 radical (unpaired) electrons. The highest BCUT2D eigenvalue weighted by Gasteiger charge is 2.21. The first-order chi connectivity index (χ1) is 7.85. The quantitative estimate of drug-likeness (QED) is 0.848. The molecule has 2 rings (SSSR count). The van der Waals surface area contributed by atoms with E-state index in [2.05, 4.69) is 9.97 Å². The van der Waals surface area contributed by atoms with Crippen molar-refractivity contribution >= 4 is 0 Å². The Morgan fingerprint density at radius 1 is 1.38 bits per heavy atom. The number of rotatable bonds is 3. The molecule has 4 nitrogen and oxygen atoms in total. The minimum absolute atomic E-state index is 0.441. The summed E-state index contributed by atoms with van der Waals surface area (Å²) in [6.45, 7) is 0.441. The lowest BCUT2D eigenvalue weighted by Gasteiger charge is -2.22. The van der Waals surface area contributed by atoms with E-state index < -0.39 is 0 Å². The van der Waals surface area contributed by atoms with E-state index in [1.807, 2.05) is 0 Å². The molecular formula is C12H19N3O. The number of nitrogens with zero attached hydrogens (tertiary/aromatic N) is 2. The lowest BCUT2D eigenvalue weighted by molar-refractivity contribution is 0.366. The van der Waals surface area contributed by atoms with Crippen LogP contribution in [0.4, 0.5) is 0 Å². The van der Waals surface area contributed by atoms with Crippen LogP contribution in [0, 0.1) is 0 Å². The smallest absolute Gasteiger partial charge is 0.235 e. The van der Waals surface area contributed by atoms with Gasteiger partial charge in [-0.05, 0) is 12.8 Å². The van der Waals surface area contributed by atoms with Gasteiger partial charge in [-0.25, -0.2) is 9.97 Å². The third-order valence-electron chi connectivity index (χ3n) is 3.21. The van der Waals surface area contributed by atoms with Crippen LogP contribution in [0.2, 0.25) is 0 Å². The molecular weight excluding hydrogens is 202 g/mol. The molecule has 1 saturated carbocycles. The number of nitrogens with two attached hydrogens (primary N) is 1. The van der Waals surface area contributed by atoms with E-state index in [0.29, 0.717) is 18.3 Å². The highest BCUT2D eigenvalue weighted by atomic mass is 16.5. The minimum Gasteiger partial charge on any atom is -0.480 e. The van der Waals surface area contributed by atoms with E-state index in [-0.39, 0.29) is 0 Å². The molecule has 88 valence electrons. The molecule has 1 heterocycles. The second-order valence-electron chi connectivity index (χ2n) is 4.29. The topological polar surface area (TPSA) is 61.0 Å². The van der Waals surface area contributed by atoms with Crippen LogP contribution in [-0.2, 0) is 6.54 Å². The summed E-state index contributed by atoms with van der Waals surface area (Å²) in [4.78, 5) is 8.85. The van der Waals surface area contributed by atoms with Crippen molar-refractivity contribution in [3.8, 4) is 5.88 Å². The maximum atomic E-state index is 5.60. The molecule has 1 fully saturated rings. The number of ether oxygens (including phenoxy) is 1. The molecule has 1 aromatic heterocycles. The van der Waals surface area contributed by atoms with Gasteiger partial charge < -0.3 is 10.5 Å². The first-order valence-corrected chi connectivity index (χ1v) is 5.95. The van der Waals surface area contributed by atoms with E-state index >= 15 is 0 Å². The fourth-order valence-electron chi connectivity index (χ4n) is 2.33. The van der Waals surface area contributed by atoms with Crippen LogP contribution in [0.15, 0.2) is 6.20 Å². The summed E-state index contributed by atoms with van der Waals surface area (Å²) >= 11 is 0. The monoisotopic (exact) mass is 221 g/mol. The predicted octanol–water partition coefficient (Wildman–Crippen LogP) is 1.99. The fraction of sp³-hybridized carbons (Fsp3) is 0.667. The van der Waals surface area contributed by atoms with Crippen molar-refractivity contribution in [2.24, 2.45) is 5.73 Å². The van der Waals surface area contributed by atoms with Crippen LogP contribution >= 0.6 is 0 Å². The lowest BCUT2D eigenvalue weighted by Crippen LogP contribution is -2.12. The molecule has 0 aliphatic heterocycles. The molecule has 0 atom stereocenters. The number of aromatic nitrogens is 2. The highest BCUT2D eigenvalue weighted by Crippen LogP contribution is 2.35. The van der Waals surface area contributed by atoms with Gasteiger partial charge in [0.05, 0.1) is 19.0 Å². The molecule has 0 unspecified atom stereocenters. The lowest BCUT2D eigenvalue weighted by atomic mass is 9.87. The summed E-state index contributed by atoms with van der Waals surface area (Å²) in [5.74, 6) is 1.17. The van der Waals surface area contributed by atoms with E-state index in [1.165, 1.54) is 32.1 Å². The van der Waals surface area contributed by atoms with Crippen LogP contribution in [0.1, 0.15) is 49.4 Å². The van der Waals surface area contributed by atoms with Gasteiger partial charge in [-0.15, -0.1) is 0 Å². The summed E-state index contributed by atoms with van der Waals surface area (Å²) in [6, 6.07) is 0. The summed E-state index contributed by atoms with van der Waals surface area (Å²) in [5, 5.41) is 0. The Bertz CT molecular complexity index is 348. The second-order valence-corrected chi connectivity index (χ2v) is 4.29. The zero-order valence-electron chi connectivity index (χ0n) is 9.78. The van der Waals surface area contributed by atoms with Gasteiger partial charge in [0.1, 0.15) is 5.69 Å². The normalized spacial score (nSPS) is 17.4. The molecule has 2 N–H and O–H groups in total. The zero-order chi connectivity index (χ0) is 11.4. The second kappa shape index (κ2) is 5.25. The van der Waals surface area contributed by atoms with Gasteiger partial charge in [0.2, 0.25) is 5.88 Å². The standard InChI is InChI=1S/C12H19N3O/c1-16-12-11(9-5-3-2-4-6-9)15-10(7-13)8-14-12/h8-9H,2-7,13H2,1H3. The highest BCUT2D eigenvalue weighted by molar-refractivity contribution is 5.24. The van der Waals surface area contributed by atoms with Gasteiger partial charge in [-0.1, -0.05) is 19.3 Å². The molecule has 1 aliphatic rings. The summed E-state index contributed by atoms with van der Waals surface area (Å²) in [5.41, 5.74) is 7.45. The molecule has 0 saturated heterocycles. The Hall–Kier alpha value is -1.16. The van der Waals surface area contributed by atoms with Gasteiger partial charge in [-0.2, -0.15) is 0 Å². The molecule has 4 heteroatoms. The van der Waals surface area contributed by atoms with Crippen LogP contribution in [0.5, 0.6) is 5.88 Å². The molecule has 1 aromatic rings. The minimum atomic E-state index is 0.441. The third-order valence-corrected chi connectivity index (χ3v) is 3.21. The third kappa shape index (κ3) is 2.32. The predicted molar refractivity (Wildman–Crippen MR) is 62.3 cm³/mol. The average Bonchev–Trinajstić information content (AvgIpc) is 2.39. The molecule has 16 heavy (non-hydrogen) atoms. The van der Waals surface area contributed by atoms with E-state index in [0.717, 1.165) is 11.4 Å². The molecule has 1 aliphatic carbocycles. The molecule has 0 aromatic carbocycles. The van der Waals surface area contributed by atoms with E-state index in [9.17, 15) is 0 Å². The fourth-order valence-corrected chi connectivity index (χ4v) is 2.33. The Morgan fingerprint density at radius 2 is 2.12 bits per heavy atom. The van der Waals surface area contributed by atoms with E-state index in [1.54, 1.807) is 13.3 Å². The number of hydrogen-bond acceptors (Lipinski definition) is 4. The summed E-state index contributed by atoms with van der Waals surface area (Å²) in [6.07, 6.45) is 7.98. The van der Waals surface area contributed by atoms with Crippen molar-refractivity contribution in [3.63, 3.8) is 0 Å². The van der Waals surface area contributed by atoms with Crippen LogP contribution in [-0.4, -0.2) is 17.1 Å². The SMILES string of the molecule is COc1ncc(CN)nc1C1CCCCC1. The van der Waals surface area contributed by atoms with Gasteiger partial charge in [0.15, 0.2) is 0 Å². The van der Waals surface area contributed by atoms with Gasteiger partial charge in [0.25, 0.3) is 0 Å². The maximum Gasteiger partial charge on any atom is 0.235 e. The van der Waals surface area contributed by atoms with Crippen molar-refractivity contribution in [2.75, 3.05) is 7.11 Å². The average molecular weight is 221 g/mol. The van der Waals surface area contributed by atoms with Gasteiger partial charge >= 0.3 is 0 Å². The van der Waals surface area contributed by atoms with Crippen LogP contribution < -0.4 is 10.5 Å². The Balaban J connectivity index is 2.27. The van der Waals surface area contributed by atoms with Crippen LogP contribution in [0.25, 0.3) is 0 Å². The first kappa shape index (κ1) is 11.3. The molecule has 0 spiro atoms. The van der Waals surface area contributed by atoms with Gasteiger partial charge in [0, 0.05) is 12.5 Å². The van der Waals surface area contributed by atoms with Crippen molar-refractivity contribution in [1.82, 2.24) is 9.97 Å². The van der Waals surface area contributed by atoms with Crippen LogP contribution in [0.3, 0.4) is 0 Å². The molecule has 0 amide bonds. The molecule has 0 bridgehead atoms. The van der Waals surface area contributed by atoms with Crippen molar-refractivity contribution in [2.45, 2.75) is 44.6 Å². The number of hydrogen-bond donors (Lipinski definition) is 1. The van der Waals surface area contributed by atoms with Gasteiger partial charge in [-0.3, -0.25) is 0 Å². The first-order valence-electron chi connectivity index (χ1n) is 5.95. The summed E-state index contributed by atoms with van der Waals surface area (Å²) < 4.78 is 5.28. The Labute approximate surface area is 96.2 Å². The maximum absolute atomic E-state index is 5.60. The van der Waals surface area contributed by atoms with Crippen molar-refractivity contribution < 1.29 is 4.74 Å². The van der Waals surface area contributed by atoms with Crippen molar-refractivity contribution in [1.29, 1.82) is 0 Å². The summed E-state index contributed by atoms with van der Waals surface area (Å²) in [7, 11) is 1.65. The van der Waals surface area contributed by atoms with E-state index in [4.69, 9.17) is 10.5 Å². The zero-order valence-corrected chi connectivity index (χ0v) is 9.78. The Kier molecular flexibility index (Phi) is 3.72. The van der Waals surface area contributed by atoms with Crippen molar-refractivity contribution in [3.05, 3.63) is 17.6 Å².